The molecule has 6 heteroatoms. The Morgan fingerprint density at radius 3 is 2.25 bits per heavy atom. The molecule has 0 atom stereocenters. The van der Waals surface area contributed by atoms with Crippen molar-refractivity contribution in [1.82, 2.24) is 20.4 Å². The summed E-state index contributed by atoms with van der Waals surface area (Å²) in [6.07, 6.45) is 3.68. The fourth-order valence-corrected chi connectivity index (χ4v) is 3.01. The molecule has 1 saturated carbocycles. The van der Waals surface area contributed by atoms with E-state index in [9.17, 15) is 9.59 Å². The van der Waals surface area contributed by atoms with Gasteiger partial charge in [0.15, 0.2) is 0 Å². The second-order valence-corrected chi connectivity index (χ2v) is 6.86. The van der Waals surface area contributed by atoms with E-state index >= 15 is 0 Å². The van der Waals surface area contributed by atoms with Crippen molar-refractivity contribution in [1.29, 1.82) is 0 Å². The number of carbonyl (C=O) groups excluding carboxylic acids is 2. The van der Waals surface area contributed by atoms with Crippen LogP contribution in [0.1, 0.15) is 23.2 Å². The van der Waals surface area contributed by atoms with Gasteiger partial charge >= 0.3 is 0 Å². The fourth-order valence-electron chi connectivity index (χ4n) is 3.01. The second-order valence-electron chi connectivity index (χ2n) is 6.86. The van der Waals surface area contributed by atoms with Gasteiger partial charge in [-0.25, -0.2) is 4.68 Å². The van der Waals surface area contributed by atoms with Crippen molar-refractivity contribution >= 4 is 11.8 Å². The minimum absolute atomic E-state index is 0.0797. The van der Waals surface area contributed by atoms with Gasteiger partial charge < -0.3 is 10.6 Å². The molecule has 1 aliphatic carbocycles. The average Bonchev–Trinajstić information content (AvgIpc) is 3.50. The fraction of sp³-hybridized carbons (Fsp3) is 0.227. The number of benzene rings is 2. The van der Waals surface area contributed by atoms with Gasteiger partial charge in [-0.1, -0.05) is 48.5 Å². The lowest BCUT2D eigenvalue weighted by molar-refractivity contribution is -0.122. The van der Waals surface area contributed by atoms with Crippen LogP contribution in [0, 0.1) is 5.92 Å². The molecule has 6 nitrogen and oxygen atoms in total. The van der Waals surface area contributed by atoms with Gasteiger partial charge in [0.25, 0.3) is 5.91 Å². The normalized spacial score (nSPS) is 13.1. The summed E-state index contributed by atoms with van der Waals surface area (Å²) in [5, 5.41) is 10.4. The molecule has 1 aliphatic rings. The van der Waals surface area contributed by atoms with Gasteiger partial charge in [-0.3, -0.25) is 9.59 Å². The summed E-state index contributed by atoms with van der Waals surface area (Å²) in [5.41, 5.74) is 2.90. The lowest BCUT2D eigenvalue weighted by atomic mass is 10.1. The number of hydrogen-bond acceptors (Lipinski definition) is 3. The number of nitrogens with one attached hydrogen (secondary N) is 2. The van der Waals surface area contributed by atoms with Crippen molar-refractivity contribution in [3.63, 3.8) is 0 Å². The van der Waals surface area contributed by atoms with Gasteiger partial charge in [0.1, 0.15) is 5.69 Å². The summed E-state index contributed by atoms with van der Waals surface area (Å²) < 4.78 is 1.71. The number of carbonyl (C=O) groups is 2. The van der Waals surface area contributed by atoms with Crippen LogP contribution < -0.4 is 10.6 Å². The summed E-state index contributed by atoms with van der Waals surface area (Å²) in [6.45, 7) is 0.802. The zero-order valence-corrected chi connectivity index (χ0v) is 15.5. The number of nitrogens with zero attached hydrogens (tertiary/aromatic N) is 2. The molecule has 0 spiro atoms. The van der Waals surface area contributed by atoms with Crippen LogP contribution >= 0.6 is 0 Å². The number of rotatable bonds is 7. The number of amides is 2. The Labute approximate surface area is 163 Å². The highest BCUT2D eigenvalue weighted by molar-refractivity contribution is 6.00. The third-order valence-electron chi connectivity index (χ3n) is 4.68. The highest BCUT2D eigenvalue weighted by Gasteiger charge is 2.29. The van der Waals surface area contributed by atoms with Crippen molar-refractivity contribution in [2.24, 2.45) is 5.92 Å². The molecule has 0 radical (unpaired) electrons. The van der Waals surface area contributed by atoms with Gasteiger partial charge in [-0.15, -0.1) is 0 Å². The topological polar surface area (TPSA) is 76.0 Å². The van der Waals surface area contributed by atoms with Crippen molar-refractivity contribution in [2.75, 3.05) is 13.1 Å². The molecule has 1 aromatic heterocycles. The summed E-state index contributed by atoms with van der Waals surface area (Å²) in [4.78, 5) is 24.5. The highest BCUT2D eigenvalue weighted by Crippen LogP contribution is 2.28. The van der Waals surface area contributed by atoms with Gasteiger partial charge in [-0.2, -0.15) is 5.10 Å². The SMILES string of the molecule is O=C(NCCNC(=O)C1CC1)c1cn(-c2ccccc2)nc1-c1ccccc1. The zero-order chi connectivity index (χ0) is 19.3. The number of hydrogen-bond donors (Lipinski definition) is 2. The Bertz CT molecular complexity index is 963. The molecule has 0 unspecified atom stereocenters. The van der Waals surface area contributed by atoms with Crippen LogP contribution in [-0.4, -0.2) is 34.7 Å². The van der Waals surface area contributed by atoms with E-state index in [0.29, 0.717) is 24.3 Å². The summed E-state index contributed by atoms with van der Waals surface area (Å²) in [5.74, 6) is 0.0438. The van der Waals surface area contributed by atoms with Crippen LogP contribution in [0.4, 0.5) is 0 Å². The van der Waals surface area contributed by atoms with E-state index in [1.54, 1.807) is 10.9 Å². The summed E-state index contributed by atoms with van der Waals surface area (Å²) in [6, 6.07) is 19.3. The average molecular weight is 374 g/mol. The predicted molar refractivity (Wildman–Crippen MR) is 107 cm³/mol. The first-order chi connectivity index (χ1) is 13.7. The first-order valence-corrected chi connectivity index (χ1v) is 9.49. The molecule has 28 heavy (non-hydrogen) atoms. The van der Waals surface area contributed by atoms with Crippen LogP contribution in [0.5, 0.6) is 0 Å². The Hall–Kier alpha value is -3.41. The first kappa shape index (κ1) is 18.0. The molecule has 2 amide bonds. The summed E-state index contributed by atoms with van der Waals surface area (Å²) in [7, 11) is 0. The van der Waals surface area contributed by atoms with Crippen molar-refractivity contribution < 1.29 is 9.59 Å². The molecule has 2 aromatic carbocycles. The molecular weight excluding hydrogens is 352 g/mol. The quantitative estimate of drug-likeness (QED) is 0.625. The molecule has 1 fully saturated rings. The lowest BCUT2D eigenvalue weighted by Crippen LogP contribution is -2.35. The van der Waals surface area contributed by atoms with Crippen molar-refractivity contribution in [3.05, 3.63) is 72.4 Å². The van der Waals surface area contributed by atoms with E-state index in [1.807, 2.05) is 60.7 Å². The molecule has 1 heterocycles. The van der Waals surface area contributed by atoms with E-state index in [0.717, 1.165) is 24.1 Å². The Morgan fingerprint density at radius 1 is 0.929 bits per heavy atom. The van der Waals surface area contributed by atoms with Crippen LogP contribution in [0.2, 0.25) is 0 Å². The van der Waals surface area contributed by atoms with E-state index in [4.69, 9.17) is 0 Å². The Morgan fingerprint density at radius 2 is 1.57 bits per heavy atom. The minimum atomic E-state index is -0.207. The smallest absolute Gasteiger partial charge is 0.255 e. The van der Waals surface area contributed by atoms with Crippen LogP contribution in [-0.2, 0) is 4.79 Å². The van der Waals surface area contributed by atoms with E-state index in [2.05, 4.69) is 15.7 Å². The van der Waals surface area contributed by atoms with E-state index in [-0.39, 0.29) is 17.7 Å². The molecular formula is C22H22N4O2. The largest absolute Gasteiger partial charge is 0.354 e. The maximum Gasteiger partial charge on any atom is 0.255 e. The maximum atomic E-state index is 12.8. The van der Waals surface area contributed by atoms with Crippen LogP contribution in [0.15, 0.2) is 66.9 Å². The van der Waals surface area contributed by atoms with Gasteiger partial charge in [0.2, 0.25) is 5.91 Å². The molecule has 0 saturated heterocycles. The third-order valence-corrected chi connectivity index (χ3v) is 4.68. The molecule has 0 aliphatic heterocycles. The van der Waals surface area contributed by atoms with E-state index in [1.165, 1.54) is 0 Å². The van der Waals surface area contributed by atoms with E-state index < -0.39 is 0 Å². The Kier molecular flexibility index (Phi) is 5.19. The first-order valence-electron chi connectivity index (χ1n) is 9.49. The van der Waals surface area contributed by atoms with Crippen LogP contribution in [0.25, 0.3) is 16.9 Å². The van der Waals surface area contributed by atoms with Gasteiger partial charge in [0.05, 0.1) is 11.3 Å². The second kappa shape index (κ2) is 8.08. The van der Waals surface area contributed by atoms with Crippen molar-refractivity contribution in [3.8, 4) is 16.9 Å². The van der Waals surface area contributed by atoms with Crippen LogP contribution in [0.3, 0.4) is 0 Å². The minimum Gasteiger partial charge on any atom is -0.354 e. The standard InChI is InChI=1S/C22H22N4O2/c27-21(17-11-12-17)23-13-14-24-22(28)19-15-26(18-9-5-2-6-10-18)25-20(19)16-7-3-1-4-8-16/h1-10,15,17H,11-14H2,(H,23,27)(H,24,28). The highest BCUT2D eigenvalue weighted by atomic mass is 16.2. The van der Waals surface area contributed by atoms with Crippen molar-refractivity contribution in [2.45, 2.75) is 12.8 Å². The zero-order valence-electron chi connectivity index (χ0n) is 15.5. The third kappa shape index (κ3) is 4.11. The number of para-hydroxylation sites is 1. The molecule has 142 valence electrons. The molecule has 2 N–H and O–H groups in total. The van der Waals surface area contributed by atoms with Gasteiger partial charge in [0, 0.05) is 30.8 Å². The number of aromatic nitrogens is 2. The molecule has 3 aromatic rings. The predicted octanol–water partition coefficient (Wildman–Crippen LogP) is 2.80. The summed E-state index contributed by atoms with van der Waals surface area (Å²) >= 11 is 0. The van der Waals surface area contributed by atoms with Gasteiger partial charge in [-0.05, 0) is 25.0 Å². The molecule has 4 rings (SSSR count). The maximum absolute atomic E-state index is 12.8. The monoisotopic (exact) mass is 374 g/mol. The Balaban J connectivity index is 1.51. The lowest BCUT2D eigenvalue weighted by Gasteiger charge is -2.07. The molecule has 0 bridgehead atoms.